The van der Waals surface area contributed by atoms with Gasteiger partial charge in [0.15, 0.2) is 0 Å². The van der Waals surface area contributed by atoms with Crippen LogP contribution in [0.2, 0.25) is 39.3 Å². The molecule has 0 saturated carbocycles. The van der Waals surface area contributed by atoms with Gasteiger partial charge in [0.05, 0.1) is 8.07 Å². The van der Waals surface area contributed by atoms with Crippen LogP contribution in [-0.2, 0) is 0 Å². The van der Waals surface area contributed by atoms with Gasteiger partial charge in [0, 0.05) is 5.57 Å². The van der Waals surface area contributed by atoms with Crippen molar-refractivity contribution < 1.29 is 0 Å². The molecule has 0 bridgehead atoms. The molecule has 0 aliphatic carbocycles. The number of benzene rings is 2. The molecule has 0 nitrogen and oxygen atoms in total. The highest BCUT2D eigenvalue weighted by Gasteiger charge is 2.15. The van der Waals surface area contributed by atoms with Crippen LogP contribution in [0, 0.1) is 11.5 Å². The molecule has 26 heavy (non-hydrogen) atoms. The summed E-state index contributed by atoms with van der Waals surface area (Å²) in [5.41, 5.74) is 10.9. The van der Waals surface area contributed by atoms with Gasteiger partial charge in [-0.15, -0.1) is 5.54 Å². The van der Waals surface area contributed by atoms with Crippen molar-refractivity contribution in [2.75, 3.05) is 0 Å². The molecular weight excluding hydrogens is 344 g/mol. The maximum Gasteiger partial charge on any atom is 0.129 e. The first-order valence-electron chi connectivity index (χ1n) is 9.23. The molecule has 0 fully saturated rings. The van der Waals surface area contributed by atoms with E-state index in [1.165, 1.54) is 22.3 Å². The van der Waals surface area contributed by atoms with E-state index < -0.39 is 16.1 Å². The minimum atomic E-state index is -1.45. The Morgan fingerprint density at radius 1 is 0.769 bits per heavy atom. The van der Waals surface area contributed by atoms with E-state index in [2.05, 4.69) is 123 Å². The van der Waals surface area contributed by atoms with Crippen LogP contribution in [0.3, 0.4) is 0 Å². The summed E-state index contributed by atoms with van der Waals surface area (Å²) in [5.74, 6) is 3.57. The second-order valence-electron chi connectivity index (χ2n) is 8.76. The average molecular weight is 375 g/mol. The Morgan fingerprint density at radius 2 is 1.31 bits per heavy atom. The summed E-state index contributed by atoms with van der Waals surface area (Å²) in [5, 5.41) is 0. The zero-order valence-electron chi connectivity index (χ0n) is 16.9. The molecule has 0 amide bonds. The molecule has 0 heterocycles. The standard InChI is InChI=1S/C24H30Si2/c1-25(2,3)18-17-23(20-26(4,5)6)24(22-15-11-8-12-16-22)19-21-13-9-7-10-14-21/h7-16,19-20H,1-6H3/b23-20+,24-19+. The third kappa shape index (κ3) is 7.03. The Kier molecular flexibility index (Phi) is 6.64. The fourth-order valence-electron chi connectivity index (χ4n) is 2.52. The van der Waals surface area contributed by atoms with E-state index in [0.717, 1.165) is 0 Å². The van der Waals surface area contributed by atoms with Gasteiger partial charge in [0.2, 0.25) is 0 Å². The molecule has 0 aliphatic rings. The first-order valence-corrected chi connectivity index (χ1v) is 16.3. The average Bonchev–Trinajstić information content (AvgIpc) is 2.57. The molecule has 2 rings (SSSR count). The second kappa shape index (κ2) is 8.53. The van der Waals surface area contributed by atoms with Crippen LogP contribution in [0.15, 0.2) is 71.9 Å². The highest BCUT2D eigenvalue weighted by atomic mass is 28.3. The van der Waals surface area contributed by atoms with Crippen molar-refractivity contribution in [2.45, 2.75) is 39.3 Å². The monoisotopic (exact) mass is 374 g/mol. The van der Waals surface area contributed by atoms with Gasteiger partial charge in [-0.2, -0.15) is 0 Å². The molecule has 2 heteroatoms. The first kappa shape index (κ1) is 20.2. The third-order valence-electron chi connectivity index (χ3n) is 3.64. The summed E-state index contributed by atoms with van der Waals surface area (Å²) >= 11 is 0. The number of hydrogen-bond acceptors (Lipinski definition) is 0. The molecule has 0 saturated heterocycles. The fraction of sp³-hybridized carbons (Fsp3) is 0.250. The predicted molar refractivity (Wildman–Crippen MR) is 123 cm³/mol. The van der Waals surface area contributed by atoms with Crippen molar-refractivity contribution in [1.29, 1.82) is 0 Å². The molecule has 0 N–H and O–H groups in total. The lowest BCUT2D eigenvalue weighted by atomic mass is 9.97. The van der Waals surface area contributed by atoms with Crippen LogP contribution >= 0.6 is 0 Å². The molecule has 2 aromatic rings. The maximum atomic E-state index is 3.58. The van der Waals surface area contributed by atoms with Crippen molar-refractivity contribution in [3.05, 3.63) is 83.1 Å². The van der Waals surface area contributed by atoms with Gasteiger partial charge >= 0.3 is 0 Å². The highest BCUT2D eigenvalue weighted by molar-refractivity contribution is 6.84. The molecule has 0 spiro atoms. The van der Waals surface area contributed by atoms with Crippen LogP contribution in [0.1, 0.15) is 11.1 Å². The summed E-state index contributed by atoms with van der Waals surface area (Å²) < 4.78 is 0. The molecule has 134 valence electrons. The van der Waals surface area contributed by atoms with Gasteiger partial charge in [-0.1, -0.05) is 112 Å². The normalized spacial score (nSPS) is 13.2. The maximum absolute atomic E-state index is 3.58. The minimum Gasteiger partial charge on any atom is -0.127 e. The van der Waals surface area contributed by atoms with E-state index in [0.29, 0.717) is 0 Å². The Morgan fingerprint density at radius 3 is 1.81 bits per heavy atom. The van der Waals surface area contributed by atoms with Gasteiger partial charge in [-0.25, -0.2) is 0 Å². The third-order valence-corrected chi connectivity index (χ3v) is 5.66. The lowest BCUT2D eigenvalue weighted by Gasteiger charge is -2.15. The van der Waals surface area contributed by atoms with Crippen molar-refractivity contribution in [3.63, 3.8) is 0 Å². The van der Waals surface area contributed by atoms with Crippen molar-refractivity contribution in [1.82, 2.24) is 0 Å². The fourth-order valence-corrected chi connectivity index (χ4v) is 4.12. The summed E-state index contributed by atoms with van der Waals surface area (Å²) in [6.45, 7) is 14.0. The molecule has 0 atom stereocenters. The van der Waals surface area contributed by atoms with Crippen LogP contribution in [0.5, 0.6) is 0 Å². The van der Waals surface area contributed by atoms with Gasteiger partial charge in [0.25, 0.3) is 0 Å². The summed E-state index contributed by atoms with van der Waals surface area (Å²) in [6, 6.07) is 21.2. The SMILES string of the molecule is C[Si](C)(C)C#CC(=C\[Si](C)(C)C)/C(=C/c1ccccc1)c1ccccc1. The highest BCUT2D eigenvalue weighted by Crippen LogP contribution is 2.27. The van der Waals surface area contributed by atoms with Crippen molar-refractivity contribution in [2.24, 2.45) is 0 Å². The Hall–Kier alpha value is -2.09. The van der Waals surface area contributed by atoms with E-state index in [1.807, 2.05) is 0 Å². The zero-order valence-corrected chi connectivity index (χ0v) is 18.9. The van der Waals surface area contributed by atoms with E-state index in [-0.39, 0.29) is 0 Å². The number of rotatable bonds is 4. The van der Waals surface area contributed by atoms with Crippen LogP contribution in [0.25, 0.3) is 11.6 Å². The molecule has 2 aromatic carbocycles. The van der Waals surface area contributed by atoms with E-state index in [4.69, 9.17) is 0 Å². The zero-order chi connectivity index (χ0) is 19.2. The summed E-state index contributed by atoms with van der Waals surface area (Å²) in [7, 11) is -2.87. The predicted octanol–water partition coefficient (Wildman–Crippen LogP) is 6.91. The lowest BCUT2D eigenvalue weighted by molar-refractivity contribution is 1.59. The largest absolute Gasteiger partial charge is 0.129 e. The van der Waals surface area contributed by atoms with Crippen LogP contribution in [-0.4, -0.2) is 16.1 Å². The topological polar surface area (TPSA) is 0 Å². The molecule has 0 aromatic heterocycles. The summed E-state index contributed by atoms with van der Waals surface area (Å²) in [6.07, 6.45) is 2.28. The molecular formula is C24H30Si2. The second-order valence-corrected chi connectivity index (χ2v) is 18.5. The lowest BCUT2D eigenvalue weighted by Crippen LogP contribution is -2.18. The Labute approximate surface area is 161 Å². The van der Waals surface area contributed by atoms with Crippen LogP contribution in [0.4, 0.5) is 0 Å². The molecule has 0 unspecified atom stereocenters. The Balaban J connectivity index is 2.68. The minimum absolute atomic E-state index is 1.18. The van der Waals surface area contributed by atoms with Crippen LogP contribution < -0.4 is 0 Å². The van der Waals surface area contributed by atoms with E-state index in [9.17, 15) is 0 Å². The van der Waals surface area contributed by atoms with Crippen molar-refractivity contribution in [3.8, 4) is 11.5 Å². The van der Waals surface area contributed by atoms with Gasteiger partial charge < -0.3 is 0 Å². The number of hydrogen-bond donors (Lipinski definition) is 0. The quantitative estimate of drug-likeness (QED) is 0.236. The summed E-state index contributed by atoms with van der Waals surface area (Å²) in [4.78, 5) is 0. The van der Waals surface area contributed by atoms with Gasteiger partial charge in [0.1, 0.15) is 8.07 Å². The smallest absolute Gasteiger partial charge is 0.127 e. The Bertz CT molecular complexity index is 834. The number of allylic oxidation sites excluding steroid dienone is 2. The molecule has 0 radical (unpaired) electrons. The van der Waals surface area contributed by atoms with Crippen molar-refractivity contribution >= 4 is 27.8 Å². The van der Waals surface area contributed by atoms with E-state index >= 15 is 0 Å². The van der Waals surface area contributed by atoms with Gasteiger partial charge in [-0.3, -0.25) is 0 Å². The first-order chi connectivity index (χ1) is 12.1. The van der Waals surface area contributed by atoms with Gasteiger partial charge in [-0.05, 0) is 22.8 Å². The van der Waals surface area contributed by atoms with E-state index in [1.54, 1.807) is 0 Å². The molecule has 0 aliphatic heterocycles.